The van der Waals surface area contributed by atoms with Crippen LogP contribution in [0.25, 0.3) is 0 Å². The van der Waals surface area contributed by atoms with E-state index >= 15 is 0 Å². The molecule has 128 valence electrons. The third kappa shape index (κ3) is 2.62. The highest BCUT2D eigenvalue weighted by Crippen LogP contribution is 2.37. The molecule has 24 heavy (non-hydrogen) atoms. The summed E-state index contributed by atoms with van der Waals surface area (Å²) in [5, 5.41) is 3.13. The summed E-state index contributed by atoms with van der Waals surface area (Å²) < 4.78 is 51.7. The third-order valence-corrected chi connectivity index (χ3v) is 5.64. The number of ether oxygens (including phenoxy) is 2. The fourth-order valence-corrected chi connectivity index (χ4v) is 4.20. The van der Waals surface area contributed by atoms with E-state index in [-0.39, 0.29) is 18.0 Å². The molecule has 0 amide bonds. The minimum atomic E-state index is -4.08. The van der Waals surface area contributed by atoms with Gasteiger partial charge in [0, 0.05) is 18.7 Å². The summed E-state index contributed by atoms with van der Waals surface area (Å²) >= 11 is 0. The molecule has 8 heteroatoms. The first-order valence-electron chi connectivity index (χ1n) is 7.26. The molecule has 1 aliphatic heterocycles. The Hall–Kier alpha value is -2.48. The van der Waals surface area contributed by atoms with Gasteiger partial charge in [0.05, 0.1) is 32.1 Å². The molecule has 0 bridgehead atoms. The molecule has 1 N–H and O–H groups in total. The molecule has 0 spiro atoms. The van der Waals surface area contributed by atoms with Crippen LogP contribution in [0.1, 0.15) is 0 Å². The van der Waals surface area contributed by atoms with E-state index < -0.39 is 20.7 Å². The Morgan fingerprint density at radius 2 is 1.79 bits per heavy atom. The van der Waals surface area contributed by atoms with Crippen molar-refractivity contribution in [3.8, 4) is 11.5 Å². The van der Waals surface area contributed by atoms with Crippen molar-refractivity contribution in [2.75, 3.05) is 36.9 Å². The van der Waals surface area contributed by atoms with Crippen molar-refractivity contribution in [3.05, 3.63) is 42.2 Å². The highest BCUT2D eigenvalue weighted by molar-refractivity contribution is 7.92. The van der Waals surface area contributed by atoms with Gasteiger partial charge in [0.15, 0.2) is 11.5 Å². The third-order valence-electron chi connectivity index (χ3n) is 3.81. The first-order chi connectivity index (χ1) is 11.5. The molecule has 0 unspecified atom stereocenters. The minimum Gasteiger partial charge on any atom is -0.493 e. The molecule has 0 radical (unpaired) electrons. The Labute approximate surface area is 139 Å². The van der Waals surface area contributed by atoms with Crippen molar-refractivity contribution >= 4 is 21.4 Å². The summed E-state index contributed by atoms with van der Waals surface area (Å²) in [5.41, 5.74) is 1.17. The number of hydrogen-bond acceptors (Lipinski definition) is 5. The lowest BCUT2D eigenvalue weighted by atomic mass is 10.2. The van der Waals surface area contributed by atoms with Gasteiger partial charge in [0.2, 0.25) is 0 Å². The second-order valence-electron chi connectivity index (χ2n) is 5.16. The zero-order valence-corrected chi connectivity index (χ0v) is 14.1. The van der Waals surface area contributed by atoms with Crippen LogP contribution in [-0.2, 0) is 10.0 Å². The Balaban J connectivity index is 2.13. The van der Waals surface area contributed by atoms with E-state index in [9.17, 15) is 12.8 Å². The van der Waals surface area contributed by atoms with E-state index in [0.29, 0.717) is 17.9 Å². The zero-order chi connectivity index (χ0) is 17.3. The first-order valence-corrected chi connectivity index (χ1v) is 8.70. The fourth-order valence-electron chi connectivity index (χ4n) is 2.65. The first kappa shape index (κ1) is 16.4. The van der Waals surface area contributed by atoms with E-state index in [0.717, 1.165) is 12.1 Å². The maximum absolute atomic E-state index is 14.4. The summed E-state index contributed by atoms with van der Waals surface area (Å²) in [6, 6.07) is 9.16. The van der Waals surface area contributed by atoms with E-state index in [1.807, 2.05) is 0 Å². The van der Waals surface area contributed by atoms with Crippen LogP contribution in [0.2, 0.25) is 0 Å². The summed E-state index contributed by atoms with van der Waals surface area (Å²) in [6.45, 7) is 0.637. The van der Waals surface area contributed by atoms with Crippen LogP contribution < -0.4 is 19.1 Å². The Bertz CT molecular complexity index is 870. The van der Waals surface area contributed by atoms with Crippen molar-refractivity contribution in [2.45, 2.75) is 4.90 Å². The second-order valence-corrected chi connectivity index (χ2v) is 6.99. The number of nitrogens with zero attached hydrogens (tertiary/aromatic N) is 1. The standard InChI is InChI=1S/C16H17FN2O4S/c1-22-14-9-11(17)16(10-15(14)23-2)24(20,21)19-8-7-18-12-5-3-4-6-13(12)19/h3-6,9-10,18H,7-8H2,1-2H3. The van der Waals surface area contributed by atoms with Crippen molar-refractivity contribution in [3.63, 3.8) is 0 Å². The number of sulfonamides is 1. The van der Waals surface area contributed by atoms with Crippen LogP contribution in [-0.4, -0.2) is 35.7 Å². The maximum atomic E-state index is 14.4. The van der Waals surface area contributed by atoms with Crippen molar-refractivity contribution in [1.29, 1.82) is 0 Å². The smallest absolute Gasteiger partial charge is 0.267 e. The van der Waals surface area contributed by atoms with Crippen molar-refractivity contribution in [2.24, 2.45) is 0 Å². The summed E-state index contributed by atoms with van der Waals surface area (Å²) in [7, 11) is -1.35. The van der Waals surface area contributed by atoms with Crippen molar-refractivity contribution < 1.29 is 22.3 Å². The molecule has 0 fully saturated rings. The Morgan fingerprint density at radius 1 is 1.12 bits per heavy atom. The lowest BCUT2D eigenvalue weighted by Crippen LogP contribution is -2.39. The number of methoxy groups -OCH3 is 2. The zero-order valence-electron chi connectivity index (χ0n) is 13.2. The van der Waals surface area contributed by atoms with Crippen LogP contribution in [0.4, 0.5) is 15.8 Å². The normalized spacial score (nSPS) is 13.9. The molecule has 1 aliphatic rings. The Kier molecular flexibility index (Phi) is 4.23. The monoisotopic (exact) mass is 352 g/mol. The molecular formula is C16H17FN2O4S. The van der Waals surface area contributed by atoms with Gasteiger partial charge in [-0.1, -0.05) is 12.1 Å². The van der Waals surface area contributed by atoms with Crippen LogP contribution in [0.15, 0.2) is 41.3 Å². The van der Waals surface area contributed by atoms with Crippen LogP contribution in [0.3, 0.4) is 0 Å². The topological polar surface area (TPSA) is 67.9 Å². The van der Waals surface area contributed by atoms with Gasteiger partial charge in [-0.3, -0.25) is 4.31 Å². The number of nitrogens with one attached hydrogen (secondary N) is 1. The molecule has 2 aromatic rings. The molecule has 0 atom stereocenters. The average molecular weight is 352 g/mol. The lowest BCUT2D eigenvalue weighted by Gasteiger charge is -2.31. The van der Waals surface area contributed by atoms with Crippen LogP contribution in [0, 0.1) is 5.82 Å². The predicted molar refractivity (Wildman–Crippen MR) is 89.0 cm³/mol. The lowest BCUT2D eigenvalue weighted by molar-refractivity contribution is 0.350. The number of halogens is 1. The average Bonchev–Trinajstić information content (AvgIpc) is 2.60. The molecule has 0 aliphatic carbocycles. The van der Waals surface area contributed by atoms with Gasteiger partial charge < -0.3 is 14.8 Å². The van der Waals surface area contributed by atoms with Gasteiger partial charge in [-0.25, -0.2) is 12.8 Å². The number of fused-ring (bicyclic) bond motifs is 1. The van der Waals surface area contributed by atoms with Gasteiger partial charge in [0.25, 0.3) is 10.0 Å². The van der Waals surface area contributed by atoms with Gasteiger partial charge in [-0.05, 0) is 12.1 Å². The highest BCUT2D eigenvalue weighted by Gasteiger charge is 2.32. The quantitative estimate of drug-likeness (QED) is 0.916. The molecule has 1 heterocycles. The van der Waals surface area contributed by atoms with Gasteiger partial charge >= 0.3 is 0 Å². The van der Waals surface area contributed by atoms with Gasteiger partial charge in [-0.15, -0.1) is 0 Å². The minimum absolute atomic E-state index is 0.134. The fraction of sp³-hybridized carbons (Fsp3) is 0.250. The van der Waals surface area contributed by atoms with Crippen LogP contribution in [0.5, 0.6) is 11.5 Å². The summed E-state index contributed by atoms with van der Waals surface area (Å²) in [4.78, 5) is -0.447. The number of anilines is 2. The summed E-state index contributed by atoms with van der Waals surface area (Å²) in [6.07, 6.45) is 0. The number of rotatable bonds is 4. The molecule has 6 nitrogen and oxygen atoms in total. The van der Waals surface area contributed by atoms with E-state index in [1.165, 1.54) is 18.5 Å². The van der Waals surface area contributed by atoms with E-state index in [2.05, 4.69) is 5.32 Å². The maximum Gasteiger partial charge on any atom is 0.267 e. The second kappa shape index (κ2) is 6.20. The van der Waals surface area contributed by atoms with Gasteiger partial charge in [-0.2, -0.15) is 0 Å². The van der Waals surface area contributed by atoms with E-state index in [1.54, 1.807) is 24.3 Å². The largest absolute Gasteiger partial charge is 0.493 e. The molecule has 0 aromatic heterocycles. The van der Waals surface area contributed by atoms with Gasteiger partial charge in [0.1, 0.15) is 10.7 Å². The number of para-hydroxylation sites is 2. The van der Waals surface area contributed by atoms with E-state index in [4.69, 9.17) is 9.47 Å². The molecule has 0 saturated heterocycles. The van der Waals surface area contributed by atoms with Crippen molar-refractivity contribution in [1.82, 2.24) is 0 Å². The van der Waals surface area contributed by atoms with Crippen LogP contribution >= 0.6 is 0 Å². The molecule has 3 rings (SSSR count). The number of benzene rings is 2. The highest BCUT2D eigenvalue weighted by atomic mass is 32.2. The Morgan fingerprint density at radius 3 is 2.50 bits per heavy atom. The summed E-state index contributed by atoms with van der Waals surface area (Å²) in [5.74, 6) is -0.598. The molecule has 2 aromatic carbocycles. The SMILES string of the molecule is COc1cc(F)c(S(=O)(=O)N2CCNc3ccccc32)cc1OC. The number of hydrogen-bond donors (Lipinski definition) is 1. The molecule has 0 saturated carbocycles. The molecular weight excluding hydrogens is 335 g/mol. The predicted octanol–water partition coefficient (Wildman–Crippen LogP) is 2.46.